The zero-order chi connectivity index (χ0) is 22.4. The Morgan fingerprint density at radius 3 is 2.29 bits per heavy atom. The summed E-state index contributed by atoms with van der Waals surface area (Å²) in [5.41, 5.74) is 1.32. The molecule has 0 aromatic heterocycles. The minimum atomic E-state index is -4.09. The number of rotatable bonds is 9. The third-order valence-electron chi connectivity index (χ3n) is 4.48. The predicted octanol–water partition coefficient (Wildman–Crippen LogP) is 3.81. The van der Waals surface area contributed by atoms with Crippen LogP contribution < -0.4 is 19.5 Å². The fourth-order valence-electron chi connectivity index (χ4n) is 2.86. The molecule has 0 spiro atoms. The van der Waals surface area contributed by atoms with E-state index in [0.29, 0.717) is 23.7 Å². The fourth-order valence-corrected chi connectivity index (χ4v) is 4.12. The Labute approximate surface area is 180 Å². The number of sulfonamides is 1. The van der Waals surface area contributed by atoms with Gasteiger partial charge in [-0.15, -0.1) is 0 Å². The van der Waals surface area contributed by atoms with Gasteiger partial charge < -0.3 is 19.9 Å². The molecule has 0 saturated heterocycles. The summed E-state index contributed by atoms with van der Waals surface area (Å²) in [6, 6.07) is 17.6. The van der Waals surface area contributed by atoms with E-state index in [4.69, 9.17) is 9.47 Å². The van der Waals surface area contributed by atoms with Crippen LogP contribution in [-0.4, -0.2) is 33.7 Å². The summed E-state index contributed by atoms with van der Waals surface area (Å²) in [6.07, 6.45) is 0. The first-order valence-electron chi connectivity index (χ1n) is 9.23. The molecular formula is C22H22N2O6S. The van der Waals surface area contributed by atoms with Crippen molar-refractivity contribution >= 4 is 27.4 Å². The van der Waals surface area contributed by atoms with E-state index in [2.05, 4.69) is 10.0 Å². The smallest absolute Gasteiger partial charge is 0.335 e. The fraction of sp³-hybridized carbons (Fsp3) is 0.136. The number of carboxylic acid groups (broad SMARTS) is 1. The molecule has 0 unspecified atom stereocenters. The summed E-state index contributed by atoms with van der Waals surface area (Å²) in [6.45, 7) is 0.331. The number of aromatic carboxylic acids is 1. The number of benzene rings is 3. The summed E-state index contributed by atoms with van der Waals surface area (Å²) in [7, 11) is -1.04. The number of hydrogen-bond donors (Lipinski definition) is 3. The molecule has 3 aromatic carbocycles. The maximum Gasteiger partial charge on any atom is 0.335 e. The van der Waals surface area contributed by atoms with Crippen molar-refractivity contribution < 1.29 is 27.8 Å². The lowest BCUT2D eigenvalue weighted by molar-refractivity contribution is 0.0696. The normalized spacial score (nSPS) is 10.9. The lowest BCUT2D eigenvalue weighted by Crippen LogP contribution is -2.16. The van der Waals surface area contributed by atoms with Gasteiger partial charge >= 0.3 is 5.97 Å². The number of ether oxygens (including phenoxy) is 2. The maximum atomic E-state index is 13.1. The Bertz CT molecular complexity index is 1180. The first-order valence-corrected chi connectivity index (χ1v) is 10.7. The number of hydrogen-bond acceptors (Lipinski definition) is 6. The molecule has 0 aliphatic rings. The molecule has 8 nitrogen and oxygen atoms in total. The van der Waals surface area contributed by atoms with Crippen LogP contribution >= 0.6 is 0 Å². The summed E-state index contributed by atoms with van der Waals surface area (Å²) < 4.78 is 38.9. The SMILES string of the molecule is COc1ccc(CNc2ccc(C(=O)O)cc2S(=O)(=O)Nc2cccc(OC)c2)cc1. The number of carbonyl (C=O) groups is 1. The van der Waals surface area contributed by atoms with E-state index in [9.17, 15) is 18.3 Å². The first-order chi connectivity index (χ1) is 14.8. The standard InChI is InChI=1S/C22H22N2O6S/c1-29-18-9-6-15(7-10-18)14-23-20-11-8-16(22(25)26)12-21(20)31(27,28)24-17-4-3-5-19(13-17)30-2/h3-13,23-24H,14H2,1-2H3,(H,25,26). The van der Waals surface area contributed by atoms with Crippen LogP contribution in [0, 0.1) is 0 Å². The van der Waals surface area contributed by atoms with Crippen molar-refractivity contribution in [3.05, 3.63) is 77.9 Å². The first kappa shape index (κ1) is 22.0. The monoisotopic (exact) mass is 442 g/mol. The number of anilines is 2. The van der Waals surface area contributed by atoms with E-state index < -0.39 is 16.0 Å². The topological polar surface area (TPSA) is 114 Å². The quantitative estimate of drug-likeness (QED) is 0.462. The van der Waals surface area contributed by atoms with Crippen molar-refractivity contribution in [3.8, 4) is 11.5 Å². The van der Waals surface area contributed by atoms with Crippen LogP contribution in [0.5, 0.6) is 11.5 Å². The summed E-state index contributed by atoms with van der Waals surface area (Å²) in [5.74, 6) is -0.0304. The Hall–Kier alpha value is -3.72. The van der Waals surface area contributed by atoms with Crippen LogP contribution in [0.3, 0.4) is 0 Å². The zero-order valence-corrected chi connectivity index (χ0v) is 17.8. The van der Waals surface area contributed by atoms with Crippen molar-refractivity contribution in [1.82, 2.24) is 0 Å². The molecule has 0 radical (unpaired) electrons. The van der Waals surface area contributed by atoms with Gasteiger partial charge in [0, 0.05) is 12.6 Å². The summed E-state index contributed by atoms with van der Waals surface area (Å²) in [5, 5.41) is 12.4. The second-order valence-corrected chi connectivity index (χ2v) is 8.21. The Morgan fingerprint density at radius 1 is 0.935 bits per heavy atom. The highest BCUT2D eigenvalue weighted by molar-refractivity contribution is 7.92. The Morgan fingerprint density at radius 2 is 1.65 bits per heavy atom. The number of methoxy groups -OCH3 is 2. The molecule has 0 heterocycles. The van der Waals surface area contributed by atoms with Crippen molar-refractivity contribution in [1.29, 1.82) is 0 Å². The lowest BCUT2D eigenvalue weighted by Gasteiger charge is -2.15. The highest BCUT2D eigenvalue weighted by Crippen LogP contribution is 2.27. The van der Waals surface area contributed by atoms with E-state index in [0.717, 1.165) is 11.6 Å². The van der Waals surface area contributed by atoms with Crippen LogP contribution in [0.4, 0.5) is 11.4 Å². The van der Waals surface area contributed by atoms with Gasteiger partial charge in [0.25, 0.3) is 10.0 Å². The Balaban J connectivity index is 1.91. The van der Waals surface area contributed by atoms with Gasteiger partial charge in [0.1, 0.15) is 16.4 Å². The van der Waals surface area contributed by atoms with Gasteiger partial charge in [0.2, 0.25) is 0 Å². The average molecular weight is 442 g/mol. The maximum absolute atomic E-state index is 13.1. The summed E-state index contributed by atoms with van der Waals surface area (Å²) >= 11 is 0. The number of carboxylic acids is 1. The third kappa shape index (κ3) is 5.46. The molecule has 0 aliphatic heterocycles. The summed E-state index contributed by atoms with van der Waals surface area (Å²) in [4.78, 5) is 11.2. The van der Waals surface area contributed by atoms with E-state index in [1.54, 1.807) is 37.4 Å². The van der Waals surface area contributed by atoms with Crippen LogP contribution in [0.2, 0.25) is 0 Å². The van der Waals surface area contributed by atoms with Crippen LogP contribution in [0.15, 0.2) is 71.6 Å². The molecule has 3 N–H and O–H groups in total. The van der Waals surface area contributed by atoms with Gasteiger partial charge in [-0.2, -0.15) is 0 Å². The average Bonchev–Trinajstić information content (AvgIpc) is 2.77. The minimum absolute atomic E-state index is 0.138. The van der Waals surface area contributed by atoms with Gasteiger partial charge in [-0.1, -0.05) is 18.2 Å². The van der Waals surface area contributed by atoms with Crippen molar-refractivity contribution in [3.63, 3.8) is 0 Å². The molecule has 9 heteroatoms. The molecule has 0 aliphatic carbocycles. The van der Waals surface area contributed by atoms with Crippen LogP contribution in [0.1, 0.15) is 15.9 Å². The van der Waals surface area contributed by atoms with E-state index in [1.165, 1.54) is 25.3 Å². The van der Waals surface area contributed by atoms with Crippen LogP contribution in [-0.2, 0) is 16.6 Å². The van der Waals surface area contributed by atoms with E-state index >= 15 is 0 Å². The van der Waals surface area contributed by atoms with Gasteiger partial charge in [-0.3, -0.25) is 4.72 Å². The van der Waals surface area contributed by atoms with Gasteiger partial charge in [0.05, 0.1) is 31.2 Å². The predicted molar refractivity (Wildman–Crippen MR) is 118 cm³/mol. The second kappa shape index (κ2) is 9.40. The second-order valence-electron chi connectivity index (χ2n) is 6.56. The molecule has 0 bridgehead atoms. The molecule has 0 atom stereocenters. The molecule has 31 heavy (non-hydrogen) atoms. The molecule has 0 fully saturated rings. The minimum Gasteiger partial charge on any atom is -0.497 e. The van der Waals surface area contributed by atoms with Crippen LogP contribution in [0.25, 0.3) is 0 Å². The van der Waals surface area contributed by atoms with Crippen molar-refractivity contribution in [2.24, 2.45) is 0 Å². The van der Waals surface area contributed by atoms with Crippen molar-refractivity contribution in [2.45, 2.75) is 11.4 Å². The molecule has 0 saturated carbocycles. The lowest BCUT2D eigenvalue weighted by atomic mass is 10.2. The number of nitrogens with one attached hydrogen (secondary N) is 2. The highest BCUT2D eigenvalue weighted by Gasteiger charge is 2.21. The highest BCUT2D eigenvalue weighted by atomic mass is 32.2. The van der Waals surface area contributed by atoms with E-state index in [-0.39, 0.29) is 16.1 Å². The zero-order valence-electron chi connectivity index (χ0n) is 17.0. The van der Waals surface area contributed by atoms with Gasteiger partial charge in [-0.05, 0) is 48.0 Å². The Kier molecular flexibility index (Phi) is 6.66. The molecule has 0 amide bonds. The molecular weight excluding hydrogens is 420 g/mol. The molecule has 3 rings (SSSR count). The van der Waals surface area contributed by atoms with Crippen molar-refractivity contribution in [2.75, 3.05) is 24.3 Å². The molecule has 162 valence electrons. The molecule has 3 aromatic rings. The third-order valence-corrected chi connectivity index (χ3v) is 5.90. The van der Waals surface area contributed by atoms with Gasteiger partial charge in [0.15, 0.2) is 0 Å². The largest absolute Gasteiger partial charge is 0.497 e. The van der Waals surface area contributed by atoms with Gasteiger partial charge in [-0.25, -0.2) is 13.2 Å². The van der Waals surface area contributed by atoms with E-state index in [1.807, 2.05) is 12.1 Å².